The van der Waals surface area contributed by atoms with Crippen molar-refractivity contribution in [1.82, 2.24) is 0 Å². The van der Waals surface area contributed by atoms with E-state index < -0.39 is 11.0 Å². The summed E-state index contributed by atoms with van der Waals surface area (Å²) >= 11 is 0. The Balaban J connectivity index is 1.35. The molecule has 0 aromatic heterocycles. The van der Waals surface area contributed by atoms with E-state index in [4.69, 9.17) is 18.9 Å². The molecular weight excluding hydrogens is 757 g/mol. The van der Waals surface area contributed by atoms with Gasteiger partial charge >= 0.3 is 11.9 Å². The summed E-state index contributed by atoms with van der Waals surface area (Å²) in [7, 11) is 0. The molecule has 0 bridgehead atoms. The van der Waals surface area contributed by atoms with Gasteiger partial charge in [0.25, 0.3) is 0 Å². The average molecular weight is 831 g/mol. The van der Waals surface area contributed by atoms with Crippen molar-refractivity contribution in [2.75, 3.05) is 0 Å². The van der Waals surface area contributed by atoms with Crippen LogP contribution in [0.2, 0.25) is 0 Å². The van der Waals surface area contributed by atoms with E-state index in [2.05, 4.69) is 112 Å². The molecular formula is C55H74O6. The van der Waals surface area contributed by atoms with Gasteiger partial charge in [0.1, 0.15) is 39.6 Å². The summed E-state index contributed by atoms with van der Waals surface area (Å²) in [6.07, 6.45) is 9.23. The van der Waals surface area contributed by atoms with Crippen molar-refractivity contribution in [1.29, 1.82) is 0 Å². The molecule has 5 rings (SSSR count). The Kier molecular flexibility index (Phi) is 15.0. The maximum Gasteiger partial charge on any atom is 0.321 e. The number of hydrogen-bond donors (Lipinski definition) is 0. The van der Waals surface area contributed by atoms with Crippen molar-refractivity contribution in [3.05, 3.63) is 118 Å². The monoisotopic (exact) mass is 831 g/mol. The molecule has 4 aromatic rings. The lowest BCUT2D eigenvalue weighted by molar-refractivity contribution is -0.162. The number of carbonyl (C=O) groups excluding carboxylic acids is 2. The highest BCUT2D eigenvalue weighted by Crippen LogP contribution is 2.48. The van der Waals surface area contributed by atoms with E-state index >= 15 is 0 Å². The Morgan fingerprint density at radius 3 is 1.57 bits per heavy atom. The van der Waals surface area contributed by atoms with Crippen LogP contribution in [0.4, 0.5) is 0 Å². The highest BCUT2D eigenvalue weighted by molar-refractivity contribution is 5.81. The van der Waals surface area contributed by atoms with E-state index in [0.717, 1.165) is 53.7 Å². The molecule has 0 amide bonds. The van der Waals surface area contributed by atoms with E-state index in [1.165, 1.54) is 30.4 Å². The zero-order valence-electron chi connectivity index (χ0n) is 39.7. The van der Waals surface area contributed by atoms with Gasteiger partial charge in [0.2, 0.25) is 0 Å². The predicted octanol–water partition coefficient (Wildman–Crippen LogP) is 14.4. The number of hydrogen-bond acceptors (Lipinski definition) is 6. The third kappa shape index (κ3) is 9.90. The predicted molar refractivity (Wildman–Crippen MR) is 249 cm³/mol. The van der Waals surface area contributed by atoms with Gasteiger partial charge in [-0.2, -0.15) is 0 Å². The standard InChI is InChI=1S/C55H74O6/c1-14-38(6)49(56)58-45-28-22-41(23-29-45)52(11,12)42-24-30-46(31-25-42)60-55(17-4,18-5)53(13,16-3)50(57)59-47-32-26-43(36-39(47)7)54(34-20-19-21-35-54)44-27-33-48(40(8)37-44)61-51(9,10)15-2/h22-33,36-38H,14-21,34-35H2,1-13H3. The van der Waals surface area contributed by atoms with Crippen LogP contribution in [-0.2, 0) is 20.4 Å². The second kappa shape index (κ2) is 19.2. The summed E-state index contributed by atoms with van der Waals surface area (Å²) in [6.45, 7) is 27.1. The summed E-state index contributed by atoms with van der Waals surface area (Å²) in [5.74, 6) is 2.17. The van der Waals surface area contributed by atoms with Crippen molar-refractivity contribution in [2.45, 2.75) is 176 Å². The quantitative estimate of drug-likeness (QED) is 0.0735. The summed E-state index contributed by atoms with van der Waals surface area (Å²) in [5, 5.41) is 0. The highest BCUT2D eigenvalue weighted by Gasteiger charge is 2.53. The maximum atomic E-state index is 14.6. The minimum absolute atomic E-state index is 0.112. The largest absolute Gasteiger partial charge is 0.488 e. The van der Waals surface area contributed by atoms with E-state index in [1.807, 2.05) is 63.2 Å². The summed E-state index contributed by atoms with van der Waals surface area (Å²) in [6, 6.07) is 29.2. The Bertz CT molecular complexity index is 2100. The van der Waals surface area contributed by atoms with Gasteiger partial charge < -0.3 is 18.9 Å². The van der Waals surface area contributed by atoms with Gasteiger partial charge in [-0.05, 0) is 149 Å². The average Bonchev–Trinajstić information content (AvgIpc) is 3.26. The van der Waals surface area contributed by atoms with Gasteiger partial charge in [-0.1, -0.05) is 123 Å². The van der Waals surface area contributed by atoms with E-state index in [9.17, 15) is 9.59 Å². The number of benzene rings is 4. The molecule has 0 saturated heterocycles. The van der Waals surface area contributed by atoms with Gasteiger partial charge in [-0.3, -0.25) is 9.59 Å². The van der Waals surface area contributed by atoms with Gasteiger partial charge in [0, 0.05) is 10.8 Å². The van der Waals surface area contributed by atoms with Crippen LogP contribution in [0.5, 0.6) is 23.0 Å². The number of aryl methyl sites for hydroxylation is 2. The minimum atomic E-state index is -0.933. The SMILES string of the molecule is CCC(C)C(=O)Oc1ccc(C(C)(C)c2ccc(OC(CC)(CC)C(C)(CC)C(=O)Oc3ccc(C4(c5ccc(OC(C)(C)CC)c(C)c5)CCCCC4)cc3C)cc2)cc1. The molecule has 4 aromatic carbocycles. The van der Waals surface area contributed by atoms with Gasteiger partial charge in [-0.15, -0.1) is 0 Å². The summed E-state index contributed by atoms with van der Waals surface area (Å²) in [5.41, 5.74) is 4.54. The maximum absolute atomic E-state index is 14.6. The number of esters is 2. The smallest absolute Gasteiger partial charge is 0.321 e. The molecule has 1 saturated carbocycles. The Labute approximate surface area is 368 Å². The fraction of sp³-hybridized carbons (Fsp3) is 0.527. The lowest BCUT2D eigenvalue weighted by Gasteiger charge is -2.45. The Hall–Kier alpha value is -4.58. The van der Waals surface area contributed by atoms with Gasteiger partial charge in [0.05, 0.1) is 5.92 Å². The molecule has 2 unspecified atom stereocenters. The van der Waals surface area contributed by atoms with Crippen LogP contribution in [0.15, 0.2) is 84.9 Å². The molecule has 6 nitrogen and oxygen atoms in total. The topological polar surface area (TPSA) is 71.1 Å². The van der Waals surface area contributed by atoms with Crippen LogP contribution in [0, 0.1) is 25.2 Å². The molecule has 2 atom stereocenters. The van der Waals surface area contributed by atoms with Gasteiger partial charge in [0.15, 0.2) is 0 Å². The molecule has 0 radical (unpaired) electrons. The molecule has 1 aliphatic rings. The minimum Gasteiger partial charge on any atom is -0.488 e. The van der Waals surface area contributed by atoms with Crippen molar-refractivity contribution < 1.29 is 28.5 Å². The highest BCUT2D eigenvalue weighted by atomic mass is 16.5. The van der Waals surface area contributed by atoms with Crippen molar-refractivity contribution in [3.8, 4) is 23.0 Å². The lowest BCUT2D eigenvalue weighted by Crippen LogP contribution is -2.56. The zero-order valence-corrected chi connectivity index (χ0v) is 39.7. The van der Waals surface area contributed by atoms with Crippen LogP contribution in [-0.4, -0.2) is 23.1 Å². The molecule has 1 aliphatic carbocycles. The van der Waals surface area contributed by atoms with Crippen LogP contribution in [0.25, 0.3) is 0 Å². The van der Waals surface area contributed by atoms with Crippen LogP contribution < -0.4 is 18.9 Å². The first-order valence-electron chi connectivity index (χ1n) is 23.1. The first-order chi connectivity index (χ1) is 28.8. The summed E-state index contributed by atoms with van der Waals surface area (Å²) in [4.78, 5) is 26.9. The Morgan fingerprint density at radius 1 is 0.607 bits per heavy atom. The normalized spacial score (nSPS) is 16.0. The molecule has 1 fully saturated rings. The molecule has 0 N–H and O–H groups in total. The van der Waals surface area contributed by atoms with E-state index in [0.29, 0.717) is 36.5 Å². The number of rotatable bonds is 18. The lowest BCUT2D eigenvalue weighted by atomic mass is 9.65. The van der Waals surface area contributed by atoms with Gasteiger partial charge in [-0.25, -0.2) is 0 Å². The molecule has 0 aliphatic heterocycles. The fourth-order valence-electron chi connectivity index (χ4n) is 9.20. The Morgan fingerprint density at radius 2 is 1.11 bits per heavy atom. The third-order valence-corrected chi connectivity index (χ3v) is 14.6. The van der Waals surface area contributed by atoms with Crippen LogP contribution >= 0.6 is 0 Å². The van der Waals surface area contributed by atoms with Crippen molar-refractivity contribution >= 4 is 11.9 Å². The van der Waals surface area contributed by atoms with Crippen molar-refractivity contribution in [2.24, 2.45) is 11.3 Å². The molecule has 0 heterocycles. The second-order valence-corrected chi connectivity index (χ2v) is 19.1. The molecule has 6 heteroatoms. The first-order valence-corrected chi connectivity index (χ1v) is 23.1. The third-order valence-electron chi connectivity index (χ3n) is 14.6. The first kappa shape index (κ1) is 47.5. The second-order valence-electron chi connectivity index (χ2n) is 19.1. The molecule has 0 spiro atoms. The van der Waals surface area contributed by atoms with Crippen LogP contribution in [0.3, 0.4) is 0 Å². The molecule has 330 valence electrons. The van der Waals surface area contributed by atoms with Crippen molar-refractivity contribution in [3.63, 3.8) is 0 Å². The van der Waals surface area contributed by atoms with E-state index in [-0.39, 0.29) is 34.3 Å². The zero-order chi connectivity index (χ0) is 44.8. The van der Waals surface area contributed by atoms with E-state index in [1.54, 1.807) is 0 Å². The fourth-order valence-corrected chi connectivity index (χ4v) is 9.20. The number of ether oxygens (including phenoxy) is 4. The number of carbonyl (C=O) groups is 2. The van der Waals surface area contributed by atoms with Crippen LogP contribution in [0.1, 0.15) is 174 Å². The molecule has 61 heavy (non-hydrogen) atoms. The summed E-state index contributed by atoms with van der Waals surface area (Å²) < 4.78 is 25.4.